The third-order valence-corrected chi connectivity index (χ3v) is 3.37. The first kappa shape index (κ1) is 17.0. The lowest BCUT2D eigenvalue weighted by atomic mass is 10.0. The molecule has 1 atom stereocenters. The Hall–Kier alpha value is -1.04. The SMILES string of the molecule is CC(C)N(CCCO)CCC(N)c1cc(F)cc(F)c1. The van der Waals surface area contributed by atoms with Crippen LogP contribution in [0, 0.1) is 11.6 Å². The molecule has 1 aromatic rings. The van der Waals surface area contributed by atoms with Gasteiger partial charge in [-0.05, 0) is 44.4 Å². The maximum absolute atomic E-state index is 13.1. The summed E-state index contributed by atoms with van der Waals surface area (Å²) in [5.74, 6) is -1.20. The first-order chi connectivity index (χ1) is 9.43. The van der Waals surface area contributed by atoms with E-state index in [4.69, 9.17) is 10.8 Å². The van der Waals surface area contributed by atoms with E-state index >= 15 is 0 Å². The van der Waals surface area contributed by atoms with Crippen LogP contribution in [0.1, 0.15) is 38.3 Å². The molecule has 0 aliphatic carbocycles. The molecule has 3 N–H and O–H groups in total. The third-order valence-electron chi connectivity index (χ3n) is 3.37. The quantitative estimate of drug-likeness (QED) is 0.772. The standard InChI is InChI=1S/C15H24F2N2O/c1-11(2)19(5-3-7-20)6-4-15(18)12-8-13(16)10-14(17)9-12/h8-11,15,20H,3-7,18H2,1-2H3. The Bertz CT molecular complexity index is 393. The van der Waals surface area contributed by atoms with Gasteiger partial charge in [0.05, 0.1) is 0 Å². The molecule has 0 aromatic heterocycles. The topological polar surface area (TPSA) is 49.5 Å². The van der Waals surface area contributed by atoms with Crippen LogP contribution in [0.25, 0.3) is 0 Å². The number of hydrogen-bond donors (Lipinski definition) is 2. The maximum atomic E-state index is 13.1. The Morgan fingerprint density at radius 3 is 2.25 bits per heavy atom. The summed E-state index contributed by atoms with van der Waals surface area (Å²) in [6, 6.07) is 3.36. The average Bonchev–Trinajstić information content (AvgIpc) is 2.36. The van der Waals surface area contributed by atoms with Gasteiger partial charge in [0.1, 0.15) is 11.6 Å². The Labute approximate surface area is 119 Å². The predicted octanol–water partition coefficient (Wildman–Crippen LogP) is 2.45. The second kappa shape index (κ2) is 8.29. The highest BCUT2D eigenvalue weighted by atomic mass is 19.1. The van der Waals surface area contributed by atoms with E-state index in [0.29, 0.717) is 24.4 Å². The van der Waals surface area contributed by atoms with E-state index in [1.54, 1.807) is 0 Å². The second-order valence-corrected chi connectivity index (χ2v) is 5.30. The Morgan fingerprint density at radius 2 is 1.75 bits per heavy atom. The lowest BCUT2D eigenvalue weighted by Gasteiger charge is -2.27. The zero-order valence-corrected chi connectivity index (χ0v) is 12.1. The average molecular weight is 286 g/mol. The summed E-state index contributed by atoms with van der Waals surface area (Å²) in [6.45, 7) is 5.83. The van der Waals surface area contributed by atoms with Gasteiger partial charge in [-0.15, -0.1) is 0 Å². The fraction of sp³-hybridized carbons (Fsp3) is 0.600. The Morgan fingerprint density at radius 1 is 1.15 bits per heavy atom. The number of rotatable bonds is 8. The fourth-order valence-electron chi connectivity index (χ4n) is 2.16. The van der Waals surface area contributed by atoms with Crippen molar-refractivity contribution in [1.82, 2.24) is 4.90 Å². The van der Waals surface area contributed by atoms with Gasteiger partial charge in [0.15, 0.2) is 0 Å². The van der Waals surface area contributed by atoms with Crippen molar-refractivity contribution in [3.05, 3.63) is 35.4 Å². The van der Waals surface area contributed by atoms with Gasteiger partial charge in [-0.2, -0.15) is 0 Å². The molecule has 20 heavy (non-hydrogen) atoms. The van der Waals surface area contributed by atoms with Crippen molar-refractivity contribution in [2.24, 2.45) is 5.73 Å². The molecule has 0 amide bonds. The van der Waals surface area contributed by atoms with Gasteiger partial charge < -0.3 is 15.7 Å². The minimum atomic E-state index is -0.601. The predicted molar refractivity (Wildman–Crippen MR) is 76.3 cm³/mol. The smallest absolute Gasteiger partial charge is 0.126 e. The number of hydrogen-bond acceptors (Lipinski definition) is 3. The number of aliphatic hydroxyl groups excluding tert-OH is 1. The van der Waals surface area contributed by atoms with Gasteiger partial charge in [-0.25, -0.2) is 8.78 Å². The molecule has 0 fully saturated rings. The van der Waals surface area contributed by atoms with Crippen molar-refractivity contribution in [2.75, 3.05) is 19.7 Å². The van der Waals surface area contributed by atoms with Crippen molar-refractivity contribution in [3.8, 4) is 0 Å². The number of nitrogens with zero attached hydrogens (tertiary/aromatic N) is 1. The molecule has 0 aliphatic heterocycles. The van der Waals surface area contributed by atoms with Gasteiger partial charge >= 0.3 is 0 Å². The normalized spacial score (nSPS) is 13.2. The van der Waals surface area contributed by atoms with Crippen molar-refractivity contribution in [2.45, 2.75) is 38.8 Å². The summed E-state index contributed by atoms with van der Waals surface area (Å²) in [7, 11) is 0. The molecule has 1 aromatic carbocycles. The van der Waals surface area contributed by atoms with Gasteiger partial charge in [-0.1, -0.05) is 0 Å². The van der Waals surface area contributed by atoms with Gasteiger partial charge in [0, 0.05) is 37.8 Å². The summed E-state index contributed by atoms with van der Waals surface area (Å²) in [6.07, 6.45) is 1.33. The highest BCUT2D eigenvalue weighted by Gasteiger charge is 2.13. The molecule has 0 saturated carbocycles. The molecule has 0 heterocycles. The number of benzene rings is 1. The van der Waals surface area contributed by atoms with Crippen molar-refractivity contribution < 1.29 is 13.9 Å². The van der Waals surface area contributed by atoms with Crippen LogP contribution in [0.5, 0.6) is 0 Å². The maximum Gasteiger partial charge on any atom is 0.126 e. The largest absolute Gasteiger partial charge is 0.396 e. The van der Waals surface area contributed by atoms with Crippen LogP contribution in [0.2, 0.25) is 0 Å². The Balaban J connectivity index is 2.58. The van der Waals surface area contributed by atoms with Crippen molar-refractivity contribution in [1.29, 1.82) is 0 Å². The van der Waals surface area contributed by atoms with Gasteiger partial charge in [-0.3, -0.25) is 0 Å². The van der Waals surface area contributed by atoms with E-state index in [1.165, 1.54) is 12.1 Å². The van der Waals surface area contributed by atoms with E-state index in [9.17, 15) is 8.78 Å². The van der Waals surface area contributed by atoms with Gasteiger partial charge in [0.25, 0.3) is 0 Å². The molecule has 114 valence electrons. The monoisotopic (exact) mass is 286 g/mol. The van der Waals surface area contributed by atoms with Crippen LogP contribution < -0.4 is 5.73 Å². The molecule has 3 nitrogen and oxygen atoms in total. The zero-order valence-electron chi connectivity index (χ0n) is 12.1. The van der Waals surface area contributed by atoms with Crippen LogP contribution in [-0.4, -0.2) is 35.7 Å². The molecule has 0 spiro atoms. The first-order valence-electron chi connectivity index (χ1n) is 7.00. The lowest BCUT2D eigenvalue weighted by molar-refractivity contribution is 0.186. The van der Waals surface area contributed by atoms with E-state index in [0.717, 1.165) is 19.2 Å². The molecular formula is C15H24F2N2O. The highest BCUT2D eigenvalue weighted by Crippen LogP contribution is 2.18. The lowest BCUT2D eigenvalue weighted by Crippen LogP contribution is -2.34. The summed E-state index contributed by atoms with van der Waals surface area (Å²) in [4.78, 5) is 2.20. The number of halogens is 2. The summed E-state index contributed by atoms with van der Waals surface area (Å²) in [5, 5.41) is 8.88. The van der Waals surface area contributed by atoms with Crippen molar-refractivity contribution in [3.63, 3.8) is 0 Å². The van der Waals surface area contributed by atoms with Gasteiger partial charge in [0.2, 0.25) is 0 Å². The third kappa shape index (κ3) is 5.53. The first-order valence-corrected chi connectivity index (χ1v) is 7.00. The molecule has 1 unspecified atom stereocenters. The van der Waals surface area contributed by atoms with E-state index < -0.39 is 17.7 Å². The van der Waals surface area contributed by atoms with Crippen LogP contribution >= 0.6 is 0 Å². The molecule has 0 aliphatic rings. The van der Waals surface area contributed by atoms with E-state index in [1.807, 2.05) is 0 Å². The van der Waals surface area contributed by atoms with E-state index in [-0.39, 0.29) is 6.61 Å². The van der Waals surface area contributed by atoms with Crippen LogP contribution in [0.4, 0.5) is 8.78 Å². The minimum absolute atomic E-state index is 0.157. The van der Waals surface area contributed by atoms with Crippen molar-refractivity contribution >= 4 is 0 Å². The molecule has 0 bridgehead atoms. The molecule has 0 saturated heterocycles. The number of nitrogens with two attached hydrogens (primary N) is 1. The molecule has 0 radical (unpaired) electrons. The fourth-order valence-corrected chi connectivity index (χ4v) is 2.16. The second-order valence-electron chi connectivity index (χ2n) is 5.30. The highest BCUT2D eigenvalue weighted by molar-refractivity contribution is 5.21. The summed E-state index contributed by atoms with van der Waals surface area (Å²) < 4.78 is 26.3. The van der Waals surface area contributed by atoms with Crippen LogP contribution in [0.15, 0.2) is 18.2 Å². The molecule has 5 heteroatoms. The van der Waals surface area contributed by atoms with E-state index in [2.05, 4.69) is 18.7 Å². The molecule has 1 rings (SSSR count). The summed E-state index contributed by atoms with van der Waals surface area (Å²) in [5.41, 5.74) is 6.48. The van der Waals surface area contributed by atoms with Crippen LogP contribution in [-0.2, 0) is 0 Å². The summed E-state index contributed by atoms with van der Waals surface area (Å²) >= 11 is 0. The Kier molecular flexibility index (Phi) is 7.05. The number of aliphatic hydroxyl groups is 1. The zero-order chi connectivity index (χ0) is 15.1. The van der Waals surface area contributed by atoms with Crippen LogP contribution in [0.3, 0.4) is 0 Å². The minimum Gasteiger partial charge on any atom is -0.396 e. The molecular weight excluding hydrogens is 262 g/mol.